The molecule has 3 nitrogen and oxygen atoms in total. The van der Waals surface area contributed by atoms with Crippen molar-refractivity contribution in [3.8, 4) is 5.75 Å². The van der Waals surface area contributed by atoms with Crippen molar-refractivity contribution in [1.29, 1.82) is 0 Å². The Morgan fingerprint density at radius 3 is 2.28 bits per heavy atom. The minimum atomic E-state index is 0.0827. The summed E-state index contributed by atoms with van der Waals surface area (Å²) in [5, 5.41) is 0. The molecule has 0 aliphatic heterocycles. The molecule has 0 aliphatic carbocycles. The fourth-order valence-corrected chi connectivity index (χ4v) is 1.94. The summed E-state index contributed by atoms with van der Waals surface area (Å²) in [4.78, 5) is 0. The summed E-state index contributed by atoms with van der Waals surface area (Å²) in [7, 11) is 0. The van der Waals surface area contributed by atoms with Crippen LogP contribution in [0.1, 0.15) is 52.1 Å². The second-order valence-corrected chi connectivity index (χ2v) is 5.74. The molecule has 0 spiro atoms. The van der Waals surface area contributed by atoms with Crippen LogP contribution in [0.5, 0.6) is 5.75 Å². The molecule has 1 unspecified atom stereocenters. The molecule has 1 atom stereocenters. The minimum Gasteiger partial charge on any atom is -0.494 e. The highest BCUT2D eigenvalue weighted by molar-refractivity contribution is 5.30. The standard InChI is InChI=1S/C15H26N2O/c1-5-6-11-18-13-9-7-12(8-10-13)14(17-16)15(2,3)4/h7-10,14,17H,5-6,11,16H2,1-4H3. The molecule has 1 aromatic rings. The van der Waals surface area contributed by atoms with Crippen LogP contribution < -0.4 is 16.0 Å². The lowest BCUT2D eigenvalue weighted by Crippen LogP contribution is -2.36. The Morgan fingerprint density at radius 2 is 1.83 bits per heavy atom. The molecule has 3 N–H and O–H groups in total. The van der Waals surface area contributed by atoms with Gasteiger partial charge in [-0.2, -0.15) is 0 Å². The maximum absolute atomic E-state index is 5.65. The normalized spacial score (nSPS) is 13.4. The van der Waals surface area contributed by atoms with Gasteiger partial charge in [-0.1, -0.05) is 46.2 Å². The Bertz CT molecular complexity index is 341. The van der Waals surface area contributed by atoms with Crippen LogP contribution in [0.15, 0.2) is 24.3 Å². The van der Waals surface area contributed by atoms with Crippen LogP contribution in [0.4, 0.5) is 0 Å². The first-order valence-electron chi connectivity index (χ1n) is 6.68. The van der Waals surface area contributed by atoms with Crippen molar-refractivity contribution in [3.63, 3.8) is 0 Å². The Hall–Kier alpha value is -1.06. The quantitative estimate of drug-likeness (QED) is 0.462. The molecular formula is C15H26N2O. The summed E-state index contributed by atoms with van der Waals surface area (Å²) in [5.41, 5.74) is 4.16. The van der Waals surface area contributed by atoms with Gasteiger partial charge < -0.3 is 4.74 Å². The van der Waals surface area contributed by atoms with Crippen molar-refractivity contribution in [3.05, 3.63) is 29.8 Å². The van der Waals surface area contributed by atoms with E-state index in [0.717, 1.165) is 25.2 Å². The molecule has 0 radical (unpaired) electrons. The monoisotopic (exact) mass is 250 g/mol. The molecular weight excluding hydrogens is 224 g/mol. The number of benzene rings is 1. The van der Waals surface area contributed by atoms with E-state index in [2.05, 4.69) is 45.3 Å². The van der Waals surface area contributed by atoms with Crippen molar-refractivity contribution in [2.45, 2.75) is 46.6 Å². The van der Waals surface area contributed by atoms with Gasteiger partial charge in [-0.25, -0.2) is 0 Å². The van der Waals surface area contributed by atoms with Gasteiger partial charge in [0.05, 0.1) is 12.6 Å². The van der Waals surface area contributed by atoms with Gasteiger partial charge in [0.2, 0.25) is 0 Å². The number of hydrogen-bond acceptors (Lipinski definition) is 3. The van der Waals surface area contributed by atoms with Crippen molar-refractivity contribution in [2.75, 3.05) is 6.61 Å². The number of hydrogen-bond donors (Lipinski definition) is 2. The molecule has 1 aromatic carbocycles. The van der Waals surface area contributed by atoms with Crippen LogP contribution in [0.2, 0.25) is 0 Å². The molecule has 18 heavy (non-hydrogen) atoms. The fraction of sp³-hybridized carbons (Fsp3) is 0.600. The third-order valence-electron chi connectivity index (χ3n) is 3.01. The van der Waals surface area contributed by atoms with Gasteiger partial charge in [0.25, 0.3) is 0 Å². The summed E-state index contributed by atoms with van der Waals surface area (Å²) < 4.78 is 5.65. The van der Waals surface area contributed by atoms with E-state index in [0.29, 0.717) is 0 Å². The lowest BCUT2D eigenvalue weighted by Gasteiger charge is -2.30. The van der Waals surface area contributed by atoms with E-state index in [1.54, 1.807) is 0 Å². The van der Waals surface area contributed by atoms with Crippen molar-refractivity contribution >= 4 is 0 Å². The average Bonchev–Trinajstić information content (AvgIpc) is 2.30. The number of hydrazine groups is 1. The molecule has 0 aliphatic rings. The minimum absolute atomic E-state index is 0.0827. The zero-order chi connectivity index (χ0) is 13.6. The van der Waals surface area contributed by atoms with Crippen LogP contribution in [-0.2, 0) is 0 Å². The molecule has 0 saturated carbocycles. The van der Waals surface area contributed by atoms with Crippen LogP contribution >= 0.6 is 0 Å². The number of nitrogens with two attached hydrogens (primary N) is 1. The molecule has 0 aromatic heterocycles. The predicted molar refractivity (Wildman–Crippen MR) is 76.4 cm³/mol. The first-order chi connectivity index (χ1) is 8.49. The highest BCUT2D eigenvalue weighted by Crippen LogP contribution is 2.32. The third kappa shape index (κ3) is 4.31. The maximum atomic E-state index is 5.65. The van der Waals surface area contributed by atoms with Gasteiger partial charge in [-0.15, -0.1) is 0 Å². The fourth-order valence-electron chi connectivity index (χ4n) is 1.94. The van der Waals surface area contributed by atoms with E-state index in [1.807, 2.05) is 12.1 Å². The second-order valence-electron chi connectivity index (χ2n) is 5.74. The summed E-state index contributed by atoms with van der Waals surface area (Å²) in [5.74, 6) is 6.57. The van der Waals surface area contributed by atoms with E-state index in [1.165, 1.54) is 5.56 Å². The van der Waals surface area contributed by atoms with Gasteiger partial charge in [-0.05, 0) is 29.5 Å². The molecule has 0 heterocycles. The Labute approximate surface area is 111 Å². The highest BCUT2D eigenvalue weighted by atomic mass is 16.5. The van der Waals surface area contributed by atoms with E-state index in [9.17, 15) is 0 Å². The van der Waals surface area contributed by atoms with Crippen molar-refractivity contribution < 1.29 is 4.74 Å². The van der Waals surface area contributed by atoms with Gasteiger partial charge in [0.15, 0.2) is 0 Å². The van der Waals surface area contributed by atoms with Crippen LogP contribution in [-0.4, -0.2) is 6.61 Å². The molecule has 0 bridgehead atoms. The van der Waals surface area contributed by atoms with Crippen LogP contribution in [0.3, 0.4) is 0 Å². The summed E-state index contributed by atoms with van der Waals surface area (Å²) in [6.07, 6.45) is 2.25. The smallest absolute Gasteiger partial charge is 0.119 e. The Morgan fingerprint density at radius 1 is 1.22 bits per heavy atom. The van der Waals surface area contributed by atoms with Crippen molar-refractivity contribution in [2.24, 2.45) is 11.3 Å². The van der Waals surface area contributed by atoms with E-state index in [4.69, 9.17) is 10.6 Å². The SMILES string of the molecule is CCCCOc1ccc(C(NN)C(C)(C)C)cc1. The summed E-state index contributed by atoms with van der Waals surface area (Å²) in [6, 6.07) is 8.33. The third-order valence-corrected chi connectivity index (χ3v) is 3.01. The first kappa shape index (κ1) is 15.0. The number of ether oxygens (including phenoxy) is 1. The number of unbranched alkanes of at least 4 members (excludes halogenated alkanes) is 1. The maximum Gasteiger partial charge on any atom is 0.119 e. The summed E-state index contributed by atoms with van der Waals surface area (Å²) in [6.45, 7) is 9.45. The highest BCUT2D eigenvalue weighted by Gasteiger charge is 2.24. The van der Waals surface area contributed by atoms with E-state index >= 15 is 0 Å². The average molecular weight is 250 g/mol. The predicted octanol–water partition coefficient (Wildman–Crippen LogP) is 3.42. The topological polar surface area (TPSA) is 47.3 Å². The largest absolute Gasteiger partial charge is 0.494 e. The van der Waals surface area contributed by atoms with Gasteiger partial charge in [0.1, 0.15) is 5.75 Å². The molecule has 0 fully saturated rings. The zero-order valence-electron chi connectivity index (χ0n) is 12.0. The lowest BCUT2D eigenvalue weighted by atomic mass is 9.83. The van der Waals surface area contributed by atoms with Crippen LogP contribution in [0, 0.1) is 5.41 Å². The number of rotatable bonds is 6. The van der Waals surface area contributed by atoms with Crippen molar-refractivity contribution in [1.82, 2.24) is 5.43 Å². The molecule has 0 amide bonds. The molecule has 3 heteroatoms. The second kappa shape index (κ2) is 6.76. The molecule has 1 rings (SSSR count). The molecule has 102 valence electrons. The van der Waals surface area contributed by atoms with Gasteiger partial charge >= 0.3 is 0 Å². The Kier molecular flexibility index (Phi) is 5.63. The van der Waals surface area contributed by atoms with Gasteiger partial charge in [-0.3, -0.25) is 11.3 Å². The van der Waals surface area contributed by atoms with Crippen LogP contribution in [0.25, 0.3) is 0 Å². The molecule has 0 saturated heterocycles. The zero-order valence-corrected chi connectivity index (χ0v) is 12.0. The van der Waals surface area contributed by atoms with E-state index < -0.39 is 0 Å². The number of nitrogens with one attached hydrogen (secondary N) is 1. The lowest BCUT2D eigenvalue weighted by molar-refractivity contribution is 0.274. The Balaban J connectivity index is 2.69. The van der Waals surface area contributed by atoms with E-state index in [-0.39, 0.29) is 11.5 Å². The van der Waals surface area contributed by atoms with Gasteiger partial charge in [0, 0.05) is 0 Å². The first-order valence-corrected chi connectivity index (χ1v) is 6.68. The summed E-state index contributed by atoms with van der Waals surface area (Å²) >= 11 is 0.